The van der Waals surface area contributed by atoms with E-state index in [1.54, 1.807) is 0 Å². The van der Waals surface area contributed by atoms with Gasteiger partial charge in [0.05, 0.1) is 24.8 Å². The number of carbonyl (C=O) groups is 1. The SMILES string of the molecule is CCOc1ccccc1C(=O)CN(C)CC1CCCCO1. The minimum absolute atomic E-state index is 0.0948. The molecule has 0 aliphatic carbocycles. The number of ketones is 1. The molecule has 1 aliphatic rings. The molecule has 4 heteroatoms. The summed E-state index contributed by atoms with van der Waals surface area (Å²) >= 11 is 0. The molecular formula is C17H25NO3. The largest absolute Gasteiger partial charge is 0.493 e. The third kappa shape index (κ3) is 4.83. The van der Waals surface area contributed by atoms with Crippen LogP contribution in [0.15, 0.2) is 24.3 Å². The summed E-state index contributed by atoms with van der Waals surface area (Å²) in [4.78, 5) is 14.5. The van der Waals surface area contributed by atoms with E-state index in [0.29, 0.717) is 24.5 Å². The zero-order valence-electron chi connectivity index (χ0n) is 13.0. The second-order valence-corrected chi connectivity index (χ2v) is 5.54. The molecule has 1 aliphatic heterocycles. The van der Waals surface area contributed by atoms with E-state index in [1.165, 1.54) is 6.42 Å². The topological polar surface area (TPSA) is 38.8 Å². The van der Waals surface area contributed by atoms with Gasteiger partial charge in [-0.3, -0.25) is 9.69 Å². The number of rotatable bonds is 7. The molecule has 0 spiro atoms. The van der Waals surface area contributed by atoms with Crippen LogP contribution in [-0.2, 0) is 4.74 Å². The Kier molecular flexibility index (Phi) is 6.21. The lowest BCUT2D eigenvalue weighted by Crippen LogP contribution is -2.36. The Morgan fingerprint density at radius 1 is 1.38 bits per heavy atom. The maximum absolute atomic E-state index is 12.4. The van der Waals surface area contributed by atoms with Crippen molar-refractivity contribution in [3.05, 3.63) is 29.8 Å². The molecule has 1 aromatic carbocycles. The van der Waals surface area contributed by atoms with Crippen LogP contribution in [0.2, 0.25) is 0 Å². The standard InChI is InChI=1S/C17H25NO3/c1-3-20-17-10-5-4-9-15(17)16(19)13-18(2)12-14-8-6-7-11-21-14/h4-5,9-10,14H,3,6-8,11-13H2,1-2H3. The molecular weight excluding hydrogens is 266 g/mol. The number of ether oxygens (including phenoxy) is 2. The maximum atomic E-state index is 12.4. The molecule has 4 nitrogen and oxygen atoms in total. The molecule has 21 heavy (non-hydrogen) atoms. The smallest absolute Gasteiger partial charge is 0.180 e. The lowest BCUT2D eigenvalue weighted by atomic mass is 10.1. The Morgan fingerprint density at radius 2 is 2.19 bits per heavy atom. The first-order valence-corrected chi connectivity index (χ1v) is 7.76. The lowest BCUT2D eigenvalue weighted by Gasteiger charge is -2.27. The Bertz CT molecular complexity index is 455. The normalized spacial score (nSPS) is 18.7. The first kappa shape index (κ1) is 16.0. The quantitative estimate of drug-likeness (QED) is 0.724. The lowest BCUT2D eigenvalue weighted by molar-refractivity contribution is -0.000677. The van der Waals surface area contributed by atoms with Gasteiger partial charge in [0.25, 0.3) is 0 Å². The van der Waals surface area contributed by atoms with Crippen molar-refractivity contribution < 1.29 is 14.3 Å². The average molecular weight is 291 g/mol. The number of likely N-dealkylation sites (N-methyl/N-ethyl adjacent to an activating group) is 1. The molecule has 1 heterocycles. The molecule has 0 bridgehead atoms. The van der Waals surface area contributed by atoms with E-state index < -0.39 is 0 Å². The molecule has 1 fully saturated rings. The van der Waals surface area contributed by atoms with Crippen LogP contribution < -0.4 is 4.74 Å². The molecule has 0 aromatic heterocycles. The predicted octanol–water partition coefficient (Wildman–Crippen LogP) is 2.77. The second kappa shape index (κ2) is 8.15. The van der Waals surface area contributed by atoms with Crippen molar-refractivity contribution in [2.45, 2.75) is 32.3 Å². The van der Waals surface area contributed by atoms with Crippen LogP contribution in [0.1, 0.15) is 36.5 Å². The van der Waals surface area contributed by atoms with E-state index >= 15 is 0 Å². The highest BCUT2D eigenvalue weighted by molar-refractivity contribution is 6.00. The molecule has 0 amide bonds. The van der Waals surface area contributed by atoms with Crippen LogP contribution in [0.5, 0.6) is 5.75 Å². The van der Waals surface area contributed by atoms with Crippen molar-refractivity contribution in [1.82, 2.24) is 4.90 Å². The van der Waals surface area contributed by atoms with Crippen LogP contribution in [0.3, 0.4) is 0 Å². The Balaban J connectivity index is 1.91. The number of para-hydroxylation sites is 1. The summed E-state index contributed by atoms with van der Waals surface area (Å²) < 4.78 is 11.2. The Morgan fingerprint density at radius 3 is 2.90 bits per heavy atom. The van der Waals surface area contributed by atoms with Gasteiger partial charge in [0.1, 0.15) is 5.75 Å². The van der Waals surface area contributed by atoms with Crippen LogP contribution in [0, 0.1) is 0 Å². The van der Waals surface area contributed by atoms with Crippen molar-refractivity contribution in [2.24, 2.45) is 0 Å². The molecule has 1 atom stereocenters. The summed E-state index contributed by atoms with van der Waals surface area (Å²) in [5.74, 6) is 0.768. The highest BCUT2D eigenvalue weighted by Crippen LogP contribution is 2.19. The fraction of sp³-hybridized carbons (Fsp3) is 0.588. The van der Waals surface area contributed by atoms with Gasteiger partial charge in [-0.1, -0.05) is 12.1 Å². The zero-order valence-corrected chi connectivity index (χ0v) is 13.0. The first-order chi connectivity index (χ1) is 10.2. The van der Waals surface area contributed by atoms with Gasteiger partial charge in [0, 0.05) is 13.2 Å². The van der Waals surface area contributed by atoms with Crippen LogP contribution in [0.25, 0.3) is 0 Å². The molecule has 1 saturated heterocycles. The summed E-state index contributed by atoms with van der Waals surface area (Å²) in [6, 6.07) is 7.45. The second-order valence-electron chi connectivity index (χ2n) is 5.54. The average Bonchev–Trinajstić information content (AvgIpc) is 2.49. The van der Waals surface area contributed by atoms with Crippen molar-refractivity contribution in [3.63, 3.8) is 0 Å². The summed E-state index contributed by atoms with van der Waals surface area (Å²) in [7, 11) is 1.97. The number of Topliss-reactive ketones (excluding diaryl/α,β-unsaturated/α-hetero) is 1. The van der Waals surface area contributed by atoms with Gasteiger partial charge < -0.3 is 9.47 Å². The van der Waals surface area contributed by atoms with Crippen LogP contribution in [0.4, 0.5) is 0 Å². The van der Waals surface area contributed by atoms with Gasteiger partial charge in [-0.25, -0.2) is 0 Å². The molecule has 116 valence electrons. The Labute approximate surface area is 127 Å². The summed E-state index contributed by atoms with van der Waals surface area (Å²) in [6.45, 7) is 4.54. The highest BCUT2D eigenvalue weighted by Gasteiger charge is 2.19. The van der Waals surface area contributed by atoms with Gasteiger partial charge >= 0.3 is 0 Å². The fourth-order valence-corrected chi connectivity index (χ4v) is 2.67. The van der Waals surface area contributed by atoms with Crippen molar-refractivity contribution >= 4 is 5.78 Å². The Hall–Kier alpha value is -1.39. The number of nitrogens with zero attached hydrogens (tertiary/aromatic N) is 1. The predicted molar refractivity (Wildman–Crippen MR) is 83.0 cm³/mol. The minimum Gasteiger partial charge on any atom is -0.493 e. The maximum Gasteiger partial charge on any atom is 0.180 e. The third-order valence-corrected chi connectivity index (χ3v) is 3.69. The van der Waals surface area contributed by atoms with Gasteiger partial charge in [0.15, 0.2) is 5.78 Å². The fourth-order valence-electron chi connectivity index (χ4n) is 2.67. The summed E-state index contributed by atoms with van der Waals surface area (Å²) in [5, 5.41) is 0. The molecule has 1 unspecified atom stereocenters. The first-order valence-electron chi connectivity index (χ1n) is 7.76. The van der Waals surface area contributed by atoms with Gasteiger partial charge in [-0.15, -0.1) is 0 Å². The van der Waals surface area contributed by atoms with Crippen molar-refractivity contribution in [2.75, 3.05) is 33.4 Å². The van der Waals surface area contributed by atoms with Gasteiger partial charge in [-0.05, 0) is 45.4 Å². The van der Waals surface area contributed by atoms with E-state index in [-0.39, 0.29) is 11.9 Å². The highest BCUT2D eigenvalue weighted by atomic mass is 16.5. The molecule has 2 rings (SSSR count). The van der Waals surface area contributed by atoms with E-state index in [4.69, 9.17) is 9.47 Å². The van der Waals surface area contributed by atoms with Gasteiger partial charge in [-0.2, -0.15) is 0 Å². The summed E-state index contributed by atoms with van der Waals surface area (Å²) in [6.07, 6.45) is 3.73. The van der Waals surface area contributed by atoms with Crippen molar-refractivity contribution in [3.8, 4) is 5.75 Å². The minimum atomic E-state index is 0.0948. The van der Waals surface area contributed by atoms with E-state index in [9.17, 15) is 4.79 Å². The van der Waals surface area contributed by atoms with E-state index in [2.05, 4.69) is 0 Å². The van der Waals surface area contributed by atoms with E-state index in [1.807, 2.05) is 43.1 Å². The van der Waals surface area contributed by atoms with Crippen LogP contribution in [-0.4, -0.2) is 50.1 Å². The third-order valence-electron chi connectivity index (χ3n) is 3.69. The molecule has 0 N–H and O–H groups in total. The number of benzene rings is 1. The molecule has 1 aromatic rings. The number of hydrogen-bond acceptors (Lipinski definition) is 4. The van der Waals surface area contributed by atoms with Gasteiger partial charge in [0.2, 0.25) is 0 Å². The number of carbonyl (C=O) groups excluding carboxylic acids is 1. The monoisotopic (exact) mass is 291 g/mol. The summed E-state index contributed by atoms with van der Waals surface area (Å²) in [5.41, 5.74) is 0.663. The molecule has 0 radical (unpaired) electrons. The van der Waals surface area contributed by atoms with E-state index in [0.717, 1.165) is 26.0 Å². The number of hydrogen-bond donors (Lipinski definition) is 0. The van der Waals surface area contributed by atoms with Crippen LogP contribution >= 0.6 is 0 Å². The molecule has 0 saturated carbocycles. The zero-order chi connectivity index (χ0) is 15.1. The van der Waals surface area contributed by atoms with Crippen molar-refractivity contribution in [1.29, 1.82) is 0 Å².